The SMILES string of the molecule is Cc1n[nH]c(C)c1[C@H](NC(=O)c1n[nH]c2ccccc12)C(=O)O. The Morgan fingerprint density at radius 1 is 1.17 bits per heavy atom. The number of aryl methyl sites for hydroxylation is 2. The van der Waals surface area contributed by atoms with Crippen LogP contribution in [0, 0.1) is 13.8 Å². The molecule has 0 bridgehead atoms. The summed E-state index contributed by atoms with van der Waals surface area (Å²) in [6.07, 6.45) is 0. The fourth-order valence-electron chi connectivity index (χ4n) is 2.58. The number of carbonyl (C=O) groups is 2. The fourth-order valence-corrected chi connectivity index (χ4v) is 2.58. The topological polar surface area (TPSA) is 124 Å². The first kappa shape index (κ1) is 14.8. The Balaban J connectivity index is 1.95. The van der Waals surface area contributed by atoms with Gasteiger partial charge in [-0.25, -0.2) is 4.79 Å². The minimum atomic E-state index is -1.20. The Morgan fingerprint density at radius 3 is 2.57 bits per heavy atom. The highest BCUT2D eigenvalue weighted by atomic mass is 16.4. The van der Waals surface area contributed by atoms with Crippen molar-refractivity contribution in [2.24, 2.45) is 0 Å². The number of nitrogens with zero attached hydrogens (tertiary/aromatic N) is 2. The predicted molar refractivity (Wildman–Crippen MR) is 82.0 cm³/mol. The van der Waals surface area contributed by atoms with Crippen LogP contribution in [0.15, 0.2) is 24.3 Å². The number of amides is 1. The summed E-state index contributed by atoms with van der Waals surface area (Å²) in [5.41, 5.74) is 2.45. The summed E-state index contributed by atoms with van der Waals surface area (Å²) in [5.74, 6) is -1.72. The number of carbonyl (C=O) groups excluding carboxylic acids is 1. The van der Waals surface area contributed by atoms with Crippen LogP contribution < -0.4 is 5.32 Å². The Morgan fingerprint density at radius 2 is 1.91 bits per heavy atom. The lowest BCUT2D eigenvalue weighted by Crippen LogP contribution is -2.34. The van der Waals surface area contributed by atoms with Gasteiger partial charge in [-0.1, -0.05) is 18.2 Å². The van der Waals surface area contributed by atoms with E-state index in [9.17, 15) is 14.7 Å². The van der Waals surface area contributed by atoms with Crippen molar-refractivity contribution in [3.63, 3.8) is 0 Å². The molecule has 8 heteroatoms. The molecule has 0 aliphatic carbocycles. The van der Waals surface area contributed by atoms with Crippen LogP contribution in [0.3, 0.4) is 0 Å². The van der Waals surface area contributed by atoms with Crippen LogP contribution in [0.25, 0.3) is 10.9 Å². The van der Waals surface area contributed by atoms with Gasteiger partial charge in [-0.3, -0.25) is 15.0 Å². The van der Waals surface area contributed by atoms with E-state index in [1.165, 1.54) is 0 Å². The van der Waals surface area contributed by atoms with Gasteiger partial charge in [-0.05, 0) is 19.9 Å². The lowest BCUT2D eigenvalue weighted by Gasteiger charge is -2.14. The molecule has 2 aromatic heterocycles. The highest BCUT2D eigenvalue weighted by Crippen LogP contribution is 2.21. The van der Waals surface area contributed by atoms with Crippen LogP contribution in [-0.4, -0.2) is 37.4 Å². The van der Waals surface area contributed by atoms with Crippen LogP contribution >= 0.6 is 0 Å². The molecule has 0 aliphatic heterocycles. The van der Waals surface area contributed by atoms with Crippen LogP contribution in [0.4, 0.5) is 0 Å². The third-order valence-corrected chi connectivity index (χ3v) is 3.68. The zero-order valence-corrected chi connectivity index (χ0v) is 12.5. The van der Waals surface area contributed by atoms with E-state index in [0.29, 0.717) is 27.9 Å². The largest absolute Gasteiger partial charge is 0.479 e. The average Bonchev–Trinajstić information content (AvgIpc) is 3.09. The number of carboxylic acids is 1. The first-order valence-electron chi connectivity index (χ1n) is 6.97. The molecule has 0 saturated heterocycles. The third kappa shape index (κ3) is 2.54. The number of aliphatic carboxylic acids is 1. The molecule has 4 N–H and O–H groups in total. The molecular formula is C15H15N5O3. The van der Waals surface area contributed by atoms with Crippen molar-refractivity contribution < 1.29 is 14.7 Å². The minimum Gasteiger partial charge on any atom is -0.479 e. The van der Waals surface area contributed by atoms with E-state index in [-0.39, 0.29) is 5.69 Å². The van der Waals surface area contributed by atoms with Crippen molar-refractivity contribution in [1.82, 2.24) is 25.7 Å². The number of nitrogens with one attached hydrogen (secondary N) is 3. The smallest absolute Gasteiger partial charge is 0.331 e. The minimum absolute atomic E-state index is 0.158. The number of para-hydroxylation sites is 1. The van der Waals surface area contributed by atoms with E-state index in [1.54, 1.807) is 32.0 Å². The van der Waals surface area contributed by atoms with Crippen molar-refractivity contribution >= 4 is 22.8 Å². The van der Waals surface area contributed by atoms with Gasteiger partial charge in [0.2, 0.25) is 0 Å². The average molecular weight is 313 g/mol. The standard InChI is InChI=1S/C15H15N5O3/c1-7-11(8(2)18-17-7)13(15(22)23)16-14(21)12-9-5-3-4-6-10(9)19-20-12/h3-6,13H,1-2H3,(H,16,21)(H,17,18)(H,19,20)(H,22,23)/t13-/m0/s1. The van der Waals surface area contributed by atoms with Gasteiger partial charge in [0.1, 0.15) is 0 Å². The highest BCUT2D eigenvalue weighted by Gasteiger charge is 2.28. The number of aromatic amines is 2. The number of aromatic nitrogens is 4. The van der Waals surface area contributed by atoms with Gasteiger partial charge >= 0.3 is 5.97 Å². The van der Waals surface area contributed by atoms with Crippen molar-refractivity contribution in [1.29, 1.82) is 0 Å². The highest BCUT2D eigenvalue weighted by molar-refractivity contribution is 6.05. The van der Waals surface area contributed by atoms with Gasteiger partial charge in [-0.15, -0.1) is 0 Å². The number of fused-ring (bicyclic) bond motifs is 1. The molecule has 2 heterocycles. The predicted octanol–water partition coefficient (Wildman–Crippen LogP) is 1.46. The first-order valence-corrected chi connectivity index (χ1v) is 6.97. The maximum absolute atomic E-state index is 12.5. The van der Waals surface area contributed by atoms with Crippen LogP contribution in [0.5, 0.6) is 0 Å². The van der Waals surface area contributed by atoms with Crippen LogP contribution in [-0.2, 0) is 4.79 Å². The van der Waals surface area contributed by atoms with E-state index in [0.717, 1.165) is 0 Å². The van der Waals surface area contributed by atoms with Gasteiger partial charge in [0.25, 0.3) is 5.91 Å². The van der Waals surface area contributed by atoms with E-state index in [4.69, 9.17) is 0 Å². The molecule has 1 amide bonds. The zero-order valence-electron chi connectivity index (χ0n) is 12.5. The second-order valence-electron chi connectivity index (χ2n) is 5.21. The van der Waals surface area contributed by atoms with Gasteiger partial charge in [0.15, 0.2) is 11.7 Å². The number of rotatable bonds is 4. The summed E-state index contributed by atoms with van der Waals surface area (Å²) in [7, 11) is 0. The van der Waals surface area contributed by atoms with Crippen LogP contribution in [0.2, 0.25) is 0 Å². The number of H-pyrrole nitrogens is 2. The normalized spacial score (nSPS) is 12.3. The summed E-state index contributed by atoms with van der Waals surface area (Å²) in [6.45, 7) is 3.40. The van der Waals surface area contributed by atoms with Crippen molar-refractivity contribution in [3.05, 3.63) is 46.9 Å². The summed E-state index contributed by atoms with van der Waals surface area (Å²) in [6, 6.07) is 5.95. The van der Waals surface area contributed by atoms with Gasteiger partial charge in [0, 0.05) is 16.6 Å². The second kappa shape index (κ2) is 5.56. The maximum Gasteiger partial charge on any atom is 0.331 e. The van der Waals surface area contributed by atoms with Gasteiger partial charge in [0.05, 0.1) is 11.2 Å². The molecule has 3 aromatic rings. The van der Waals surface area contributed by atoms with Crippen molar-refractivity contribution in [3.8, 4) is 0 Å². The summed E-state index contributed by atoms with van der Waals surface area (Å²) >= 11 is 0. The number of benzene rings is 1. The molecule has 118 valence electrons. The molecule has 0 fully saturated rings. The molecule has 23 heavy (non-hydrogen) atoms. The van der Waals surface area contributed by atoms with Crippen molar-refractivity contribution in [2.75, 3.05) is 0 Å². The lowest BCUT2D eigenvalue weighted by molar-refractivity contribution is -0.139. The first-order chi connectivity index (χ1) is 11.0. The monoisotopic (exact) mass is 313 g/mol. The van der Waals surface area contributed by atoms with E-state index in [1.807, 2.05) is 6.07 Å². The molecule has 0 aliphatic rings. The lowest BCUT2D eigenvalue weighted by atomic mass is 10.0. The van der Waals surface area contributed by atoms with E-state index in [2.05, 4.69) is 25.7 Å². The maximum atomic E-state index is 12.5. The van der Waals surface area contributed by atoms with E-state index < -0.39 is 17.9 Å². The summed E-state index contributed by atoms with van der Waals surface area (Å²) in [4.78, 5) is 24.1. The molecule has 0 unspecified atom stereocenters. The van der Waals surface area contributed by atoms with Crippen LogP contribution in [0.1, 0.15) is 33.5 Å². The Labute approximate surface area is 130 Å². The molecular weight excluding hydrogens is 298 g/mol. The summed E-state index contributed by atoms with van der Waals surface area (Å²) in [5, 5.41) is 26.1. The van der Waals surface area contributed by atoms with E-state index >= 15 is 0 Å². The number of carboxylic acid groups (broad SMARTS) is 1. The third-order valence-electron chi connectivity index (χ3n) is 3.68. The molecule has 0 saturated carbocycles. The van der Waals surface area contributed by atoms with Crippen molar-refractivity contribution in [2.45, 2.75) is 19.9 Å². The second-order valence-corrected chi connectivity index (χ2v) is 5.21. The van der Waals surface area contributed by atoms with Gasteiger partial charge in [-0.2, -0.15) is 10.2 Å². The Hall–Kier alpha value is -3.16. The zero-order chi connectivity index (χ0) is 16.6. The van der Waals surface area contributed by atoms with Gasteiger partial charge < -0.3 is 10.4 Å². The molecule has 3 rings (SSSR count). The quantitative estimate of drug-likeness (QED) is 0.580. The Bertz CT molecular complexity index is 876. The summed E-state index contributed by atoms with van der Waals surface area (Å²) < 4.78 is 0. The number of hydrogen-bond donors (Lipinski definition) is 4. The number of hydrogen-bond acceptors (Lipinski definition) is 4. The molecule has 8 nitrogen and oxygen atoms in total. The molecule has 0 radical (unpaired) electrons. The molecule has 1 aromatic carbocycles. The molecule has 0 spiro atoms. The Kier molecular flexibility index (Phi) is 3.57. The fraction of sp³-hybridized carbons (Fsp3) is 0.200. The molecule has 1 atom stereocenters.